The van der Waals surface area contributed by atoms with Crippen LogP contribution in [-0.4, -0.2) is 36.7 Å². The normalized spacial score (nSPS) is 10.5. The molecule has 0 aromatic heterocycles. The average molecular weight is 223 g/mol. The number of aliphatic hydroxyl groups excluding tert-OH is 1. The molecule has 0 radical (unpaired) electrons. The van der Waals surface area contributed by atoms with E-state index >= 15 is 0 Å². The van der Waals surface area contributed by atoms with Gasteiger partial charge < -0.3 is 9.84 Å². The molecule has 0 aliphatic rings. The highest BCUT2D eigenvalue weighted by Crippen LogP contribution is 2.06. The summed E-state index contributed by atoms with van der Waals surface area (Å²) in [5.41, 5.74) is 1.99. The standard InChI is InChI=1S/C12H17NO3/c1-13(8-12(15)16-2)7-10-3-5-11(9-14)6-4-10/h3-6,14H,7-9H2,1-2H3. The number of esters is 1. The molecule has 1 aromatic carbocycles. The summed E-state index contributed by atoms with van der Waals surface area (Å²) in [6.45, 7) is 1.01. The second-order valence-corrected chi connectivity index (χ2v) is 3.72. The van der Waals surface area contributed by atoms with Crippen LogP contribution in [0.3, 0.4) is 0 Å². The summed E-state index contributed by atoms with van der Waals surface area (Å²) in [6, 6.07) is 7.64. The Labute approximate surface area is 95.5 Å². The van der Waals surface area contributed by atoms with Crippen LogP contribution in [0.15, 0.2) is 24.3 Å². The van der Waals surface area contributed by atoms with Gasteiger partial charge in [-0.3, -0.25) is 9.69 Å². The van der Waals surface area contributed by atoms with Crippen LogP contribution in [0.1, 0.15) is 11.1 Å². The summed E-state index contributed by atoms with van der Waals surface area (Å²) in [7, 11) is 3.24. The van der Waals surface area contributed by atoms with Gasteiger partial charge in [0.15, 0.2) is 0 Å². The van der Waals surface area contributed by atoms with E-state index in [-0.39, 0.29) is 19.1 Å². The maximum absolute atomic E-state index is 11.0. The van der Waals surface area contributed by atoms with E-state index < -0.39 is 0 Å². The SMILES string of the molecule is COC(=O)CN(C)Cc1ccc(CO)cc1. The molecule has 0 amide bonds. The third kappa shape index (κ3) is 4.00. The van der Waals surface area contributed by atoms with Crippen LogP contribution < -0.4 is 0 Å². The highest BCUT2D eigenvalue weighted by molar-refractivity contribution is 5.71. The molecular formula is C12H17NO3. The number of carbonyl (C=O) groups is 1. The molecule has 0 spiro atoms. The lowest BCUT2D eigenvalue weighted by Crippen LogP contribution is -2.26. The number of aliphatic hydroxyl groups is 1. The molecule has 0 unspecified atom stereocenters. The molecule has 0 saturated carbocycles. The lowest BCUT2D eigenvalue weighted by molar-refractivity contribution is -0.141. The predicted molar refractivity (Wildman–Crippen MR) is 60.7 cm³/mol. The van der Waals surface area contributed by atoms with Crippen molar-refractivity contribution < 1.29 is 14.6 Å². The molecule has 1 N–H and O–H groups in total. The number of ether oxygens (including phenoxy) is 1. The molecule has 0 heterocycles. The minimum atomic E-state index is -0.241. The monoisotopic (exact) mass is 223 g/mol. The first-order valence-corrected chi connectivity index (χ1v) is 5.09. The summed E-state index contributed by atoms with van der Waals surface area (Å²) < 4.78 is 4.58. The molecule has 4 heteroatoms. The maximum Gasteiger partial charge on any atom is 0.319 e. The Balaban J connectivity index is 2.49. The van der Waals surface area contributed by atoms with Gasteiger partial charge in [0, 0.05) is 6.54 Å². The zero-order valence-electron chi connectivity index (χ0n) is 9.64. The number of methoxy groups -OCH3 is 1. The van der Waals surface area contributed by atoms with Crippen molar-refractivity contribution in [3.63, 3.8) is 0 Å². The Hall–Kier alpha value is -1.39. The number of carbonyl (C=O) groups excluding carboxylic acids is 1. The van der Waals surface area contributed by atoms with E-state index in [2.05, 4.69) is 4.74 Å². The second kappa shape index (κ2) is 6.25. The Morgan fingerprint density at radius 2 is 1.88 bits per heavy atom. The number of rotatable bonds is 5. The molecule has 0 atom stereocenters. The minimum absolute atomic E-state index is 0.0538. The molecule has 88 valence electrons. The summed E-state index contributed by atoms with van der Waals surface area (Å²) in [6.07, 6.45) is 0. The zero-order chi connectivity index (χ0) is 12.0. The highest BCUT2D eigenvalue weighted by atomic mass is 16.5. The fraction of sp³-hybridized carbons (Fsp3) is 0.417. The van der Waals surface area contributed by atoms with Gasteiger partial charge >= 0.3 is 5.97 Å². The topological polar surface area (TPSA) is 49.8 Å². The Morgan fingerprint density at radius 1 is 1.31 bits per heavy atom. The second-order valence-electron chi connectivity index (χ2n) is 3.72. The van der Waals surface area contributed by atoms with E-state index in [1.54, 1.807) is 0 Å². The van der Waals surface area contributed by atoms with Crippen LogP contribution in [0.25, 0.3) is 0 Å². The number of benzene rings is 1. The molecule has 4 nitrogen and oxygen atoms in total. The molecule has 0 fully saturated rings. The van der Waals surface area contributed by atoms with Gasteiger partial charge in [0.05, 0.1) is 20.3 Å². The van der Waals surface area contributed by atoms with Crippen molar-refractivity contribution in [3.8, 4) is 0 Å². The van der Waals surface area contributed by atoms with Gasteiger partial charge in [0.2, 0.25) is 0 Å². The van der Waals surface area contributed by atoms with Gasteiger partial charge in [-0.05, 0) is 18.2 Å². The molecule has 0 aliphatic heterocycles. The third-order valence-electron chi connectivity index (χ3n) is 2.28. The number of likely N-dealkylation sites (N-methyl/N-ethyl adjacent to an activating group) is 1. The van der Waals surface area contributed by atoms with Crippen molar-refractivity contribution in [2.75, 3.05) is 20.7 Å². The highest BCUT2D eigenvalue weighted by Gasteiger charge is 2.06. The van der Waals surface area contributed by atoms with Gasteiger partial charge in [-0.25, -0.2) is 0 Å². The maximum atomic E-state index is 11.0. The van der Waals surface area contributed by atoms with E-state index in [1.165, 1.54) is 7.11 Å². The van der Waals surface area contributed by atoms with E-state index in [0.717, 1.165) is 11.1 Å². The number of hydrogen-bond donors (Lipinski definition) is 1. The lowest BCUT2D eigenvalue weighted by Gasteiger charge is -2.15. The van der Waals surface area contributed by atoms with Crippen molar-refractivity contribution in [2.24, 2.45) is 0 Å². The lowest BCUT2D eigenvalue weighted by atomic mass is 10.1. The van der Waals surface area contributed by atoms with Gasteiger partial charge in [-0.1, -0.05) is 24.3 Å². The average Bonchev–Trinajstić information content (AvgIpc) is 2.29. The first-order valence-electron chi connectivity index (χ1n) is 5.09. The van der Waals surface area contributed by atoms with Crippen molar-refractivity contribution in [1.29, 1.82) is 0 Å². The molecule has 1 aromatic rings. The van der Waals surface area contributed by atoms with Crippen molar-refractivity contribution in [2.45, 2.75) is 13.2 Å². The zero-order valence-corrected chi connectivity index (χ0v) is 9.64. The molecule has 0 bridgehead atoms. The van der Waals surface area contributed by atoms with Crippen molar-refractivity contribution in [3.05, 3.63) is 35.4 Å². The molecular weight excluding hydrogens is 206 g/mol. The fourth-order valence-electron chi connectivity index (χ4n) is 1.40. The van der Waals surface area contributed by atoms with Crippen LogP contribution in [-0.2, 0) is 22.7 Å². The Kier molecular flexibility index (Phi) is 4.95. The van der Waals surface area contributed by atoms with Gasteiger partial charge in [0.25, 0.3) is 0 Å². The summed E-state index contributed by atoms with van der Waals surface area (Å²) in [5, 5.41) is 8.89. The van der Waals surface area contributed by atoms with E-state index in [1.807, 2.05) is 36.2 Å². The largest absolute Gasteiger partial charge is 0.468 e. The van der Waals surface area contributed by atoms with E-state index in [4.69, 9.17) is 5.11 Å². The summed E-state index contributed by atoms with van der Waals surface area (Å²) in [4.78, 5) is 12.9. The van der Waals surface area contributed by atoms with E-state index in [9.17, 15) is 4.79 Å². The van der Waals surface area contributed by atoms with Crippen molar-refractivity contribution in [1.82, 2.24) is 4.90 Å². The fourth-order valence-corrected chi connectivity index (χ4v) is 1.40. The van der Waals surface area contributed by atoms with Crippen LogP contribution >= 0.6 is 0 Å². The van der Waals surface area contributed by atoms with Crippen LogP contribution in [0, 0.1) is 0 Å². The number of nitrogens with zero attached hydrogens (tertiary/aromatic N) is 1. The summed E-state index contributed by atoms with van der Waals surface area (Å²) in [5.74, 6) is -0.241. The predicted octanol–water partition coefficient (Wildman–Crippen LogP) is 0.784. The quantitative estimate of drug-likeness (QED) is 0.750. The number of hydrogen-bond acceptors (Lipinski definition) is 4. The van der Waals surface area contributed by atoms with Gasteiger partial charge in [0.1, 0.15) is 0 Å². The molecule has 0 aliphatic carbocycles. The molecule has 1 rings (SSSR count). The van der Waals surface area contributed by atoms with E-state index in [0.29, 0.717) is 6.54 Å². The van der Waals surface area contributed by atoms with Gasteiger partial charge in [-0.2, -0.15) is 0 Å². The molecule has 16 heavy (non-hydrogen) atoms. The summed E-state index contributed by atoms with van der Waals surface area (Å²) >= 11 is 0. The Bertz CT molecular complexity index is 335. The first-order chi connectivity index (χ1) is 7.65. The minimum Gasteiger partial charge on any atom is -0.468 e. The smallest absolute Gasteiger partial charge is 0.319 e. The molecule has 0 saturated heterocycles. The Morgan fingerprint density at radius 3 is 2.38 bits per heavy atom. The van der Waals surface area contributed by atoms with Crippen LogP contribution in [0.5, 0.6) is 0 Å². The van der Waals surface area contributed by atoms with Crippen LogP contribution in [0.2, 0.25) is 0 Å². The third-order valence-corrected chi connectivity index (χ3v) is 2.28. The van der Waals surface area contributed by atoms with Crippen molar-refractivity contribution >= 4 is 5.97 Å². The van der Waals surface area contributed by atoms with Crippen LogP contribution in [0.4, 0.5) is 0 Å². The van der Waals surface area contributed by atoms with Gasteiger partial charge in [-0.15, -0.1) is 0 Å². The first kappa shape index (κ1) is 12.7.